The van der Waals surface area contributed by atoms with Crippen LogP contribution < -0.4 is 15.8 Å². The van der Waals surface area contributed by atoms with Crippen molar-refractivity contribution < 1.29 is 4.79 Å². The number of aryl methyl sites for hydroxylation is 1. The highest BCUT2D eigenvalue weighted by atomic mass is 16.2. The van der Waals surface area contributed by atoms with Gasteiger partial charge in [-0.2, -0.15) is 0 Å². The molecule has 0 saturated carbocycles. The maximum absolute atomic E-state index is 12.3. The van der Waals surface area contributed by atoms with E-state index >= 15 is 0 Å². The molecule has 9 nitrogen and oxygen atoms in total. The first-order chi connectivity index (χ1) is 12.4. The first kappa shape index (κ1) is 18.0. The first-order valence-electron chi connectivity index (χ1n) is 8.52. The summed E-state index contributed by atoms with van der Waals surface area (Å²) in [5, 5.41) is 2.73. The lowest BCUT2D eigenvalue weighted by atomic mass is 10.3. The van der Waals surface area contributed by atoms with Gasteiger partial charge in [0.1, 0.15) is 24.5 Å². The van der Waals surface area contributed by atoms with Crippen molar-refractivity contribution in [3.05, 3.63) is 40.3 Å². The fourth-order valence-electron chi connectivity index (χ4n) is 2.75. The van der Waals surface area contributed by atoms with Crippen molar-refractivity contribution in [3.8, 4) is 0 Å². The molecular formula is C17H23N7O2. The average molecular weight is 357 g/mol. The van der Waals surface area contributed by atoms with Gasteiger partial charge >= 0.3 is 0 Å². The molecule has 138 valence electrons. The molecule has 1 aliphatic heterocycles. The standard InChI is InChI=1S/C17H23N7O2/c1-12-13(2)20-11-24(17(12)26)9-16(25)21-14-8-15(19-10-18-14)23-6-4-22(3)5-7-23/h8,10-11H,4-7,9H2,1-3H3,(H,18,19,21,25). The van der Waals surface area contributed by atoms with Gasteiger partial charge in [-0.25, -0.2) is 15.0 Å². The molecule has 0 bridgehead atoms. The van der Waals surface area contributed by atoms with Gasteiger partial charge < -0.3 is 15.1 Å². The molecule has 1 saturated heterocycles. The molecule has 2 aromatic rings. The predicted octanol–water partition coefficient (Wildman–Crippen LogP) is 0.0406. The molecule has 1 N–H and O–H groups in total. The summed E-state index contributed by atoms with van der Waals surface area (Å²) in [5.74, 6) is 0.873. The van der Waals surface area contributed by atoms with Crippen LogP contribution in [0.1, 0.15) is 11.3 Å². The maximum Gasteiger partial charge on any atom is 0.256 e. The smallest absolute Gasteiger partial charge is 0.256 e. The van der Waals surface area contributed by atoms with Crippen LogP contribution in [0.15, 0.2) is 23.5 Å². The van der Waals surface area contributed by atoms with E-state index in [0.29, 0.717) is 17.1 Å². The van der Waals surface area contributed by atoms with Crippen LogP contribution in [0.3, 0.4) is 0 Å². The highest BCUT2D eigenvalue weighted by Crippen LogP contribution is 2.15. The normalized spacial score (nSPS) is 15.1. The number of hydrogen-bond donors (Lipinski definition) is 1. The molecule has 1 aliphatic rings. The van der Waals surface area contributed by atoms with Crippen LogP contribution in [0, 0.1) is 13.8 Å². The quantitative estimate of drug-likeness (QED) is 0.825. The zero-order valence-corrected chi connectivity index (χ0v) is 15.3. The molecule has 0 aliphatic carbocycles. The fourth-order valence-corrected chi connectivity index (χ4v) is 2.75. The van der Waals surface area contributed by atoms with Crippen LogP contribution in [-0.4, -0.2) is 63.6 Å². The summed E-state index contributed by atoms with van der Waals surface area (Å²) >= 11 is 0. The van der Waals surface area contributed by atoms with Crippen molar-refractivity contribution in [2.45, 2.75) is 20.4 Å². The summed E-state index contributed by atoms with van der Waals surface area (Å²) in [7, 11) is 2.09. The molecule has 26 heavy (non-hydrogen) atoms. The van der Waals surface area contributed by atoms with E-state index in [1.165, 1.54) is 17.2 Å². The van der Waals surface area contributed by atoms with Crippen molar-refractivity contribution in [1.82, 2.24) is 24.4 Å². The van der Waals surface area contributed by atoms with Gasteiger partial charge in [-0.15, -0.1) is 0 Å². The summed E-state index contributed by atoms with van der Waals surface area (Å²) in [6, 6.07) is 1.75. The van der Waals surface area contributed by atoms with Crippen molar-refractivity contribution in [3.63, 3.8) is 0 Å². The lowest BCUT2D eigenvalue weighted by molar-refractivity contribution is -0.116. The third-order valence-corrected chi connectivity index (χ3v) is 4.58. The van der Waals surface area contributed by atoms with Gasteiger partial charge in [0.05, 0.1) is 6.33 Å². The maximum atomic E-state index is 12.3. The average Bonchev–Trinajstić information content (AvgIpc) is 2.63. The Morgan fingerprint density at radius 3 is 2.62 bits per heavy atom. The molecule has 0 unspecified atom stereocenters. The molecule has 1 fully saturated rings. The van der Waals surface area contributed by atoms with Crippen LogP contribution >= 0.6 is 0 Å². The molecule has 0 atom stereocenters. The van der Waals surface area contributed by atoms with Crippen LogP contribution in [0.5, 0.6) is 0 Å². The summed E-state index contributed by atoms with van der Waals surface area (Å²) in [5.41, 5.74) is 0.993. The van der Waals surface area contributed by atoms with Gasteiger partial charge in [0.15, 0.2) is 0 Å². The Morgan fingerprint density at radius 1 is 1.15 bits per heavy atom. The topological polar surface area (TPSA) is 96.2 Å². The van der Waals surface area contributed by atoms with Gasteiger partial charge in [0.2, 0.25) is 5.91 Å². The number of anilines is 2. The Bertz CT molecular complexity index is 856. The van der Waals surface area contributed by atoms with E-state index in [4.69, 9.17) is 0 Å². The molecule has 0 aromatic carbocycles. The number of nitrogens with zero attached hydrogens (tertiary/aromatic N) is 6. The van der Waals surface area contributed by atoms with Crippen LogP contribution in [0.4, 0.5) is 11.6 Å². The van der Waals surface area contributed by atoms with Gasteiger partial charge in [-0.05, 0) is 20.9 Å². The number of aromatic nitrogens is 4. The summed E-state index contributed by atoms with van der Waals surface area (Å²) in [6.07, 6.45) is 2.83. The number of piperazine rings is 1. The van der Waals surface area contributed by atoms with E-state index in [1.807, 2.05) is 0 Å². The lowest BCUT2D eigenvalue weighted by Gasteiger charge is -2.33. The Morgan fingerprint density at radius 2 is 1.88 bits per heavy atom. The summed E-state index contributed by atoms with van der Waals surface area (Å²) < 4.78 is 1.29. The van der Waals surface area contributed by atoms with Gasteiger partial charge in [-0.1, -0.05) is 0 Å². The van der Waals surface area contributed by atoms with Crippen molar-refractivity contribution in [2.75, 3.05) is 43.4 Å². The van der Waals surface area contributed by atoms with Gasteiger partial charge in [0.25, 0.3) is 5.56 Å². The van der Waals surface area contributed by atoms with E-state index < -0.39 is 0 Å². The minimum absolute atomic E-state index is 0.110. The van der Waals surface area contributed by atoms with Crippen LogP contribution in [0.2, 0.25) is 0 Å². The van der Waals surface area contributed by atoms with Crippen molar-refractivity contribution in [2.24, 2.45) is 0 Å². The molecule has 3 rings (SSSR count). The molecule has 3 heterocycles. The van der Waals surface area contributed by atoms with E-state index in [9.17, 15) is 9.59 Å². The van der Waals surface area contributed by atoms with E-state index in [0.717, 1.165) is 32.0 Å². The zero-order valence-electron chi connectivity index (χ0n) is 15.3. The molecular weight excluding hydrogens is 334 g/mol. The number of amides is 1. The molecule has 9 heteroatoms. The number of carbonyl (C=O) groups excluding carboxylic acids is 1. The Balaban J connectivity index is 1.67. The highest BCUT2D eigenvalue weighted by Gasteiger charge is 2.16. The summed E-state index contributed by atoms with van der Waals surface area (Å²) in [4.78, 5) is 41.4. The molecule has 0 spiro atoms. The Labute approximate surface area is 151 Å². The van der Waals surface area contributed by atoms with Gasteiger partial charge in [0, 0.05) is 43.5 Å². The number of nitrogens with one attached hydrogen (secondary N) is 1. The predicted molar refractivity (Wildman–Crippen MR) is 98.3 cm³/mol. The second-order valence-electron chi connectivity index (χ2n) is 6.49. The van der Waals surface area contributed by atoms with E-state index in [-0.39, 0.29) is 18.0 Å². The van der Waals surface area contributed by atoms with Gasteiger partial charge in [-0.3, -0.25) is 14.2 Å². The largest absolute Gasteiger partial charge is 0.354 e. The third-order valence-electron chi connectivity index (χ3n) is 4.58. The zero-order chi connectivity index (χ0) is 18.7. The van der Waals surface area contributed by atoms with E-state index in [1.54, 1.807) is 19.9 Å². The third kappa shape index (κ3) is 4.05. The van der Waals surface area contributed by atoms with Crippen LogP contribution in [0.25, 0.3) is 0 Å². The van der Waals surface area contributed by atoms with Crippen molar-refractivity contribution >= 4 is 17.5 Å². The Kier molecular flexibility index (Phi) is 5.27. The number of likely N-dealkylation sites (N-methyl/N-ethyl adjacent to an activating group) is 1. The number of hydrogen-bond acceptors (Lipinski definition) is 7. The first-order valence-corrected chi connectivity index (χ1v) is 8.52. The number of rotatable bonds is 4. The molecule has 1 amide bonds. The molecule has 2 aromatic heterocycles. The summed E-state index contributed by atoms with van der Waals surface area (Å²) in [6.45, 7) is 7.05. The van der Waals surface area contributed by atoms with E-state index in [2.05, 4.69) is 37.1 Å². The fraction of sp³-hybridized carbons (Fsp3) is 0.471. The Hall–Kier alpha value is -2.81. The highest BCUT2D eigenvalue weighted by molar-refractivity contribution is 5.89. The van der Waals surface area contributed by atoms with Crippen molar-refractivity contribution in [1.29, 1.82) is 0 Å². The minimum atomic E-state index is -0.333. The number of carbonyl (C=O) groups is 1. The SMILES string of the molecule is Cc1ncn(CC(=O)Nc2cc(N3CCN(C)CC3)ncn2)c(=O)c1C. The molecule has 0 radical (unpaired) electrons. The minimum Gasteiger partial charge on any atom is -0.354 e. The second kappa shape index (κ2) is 7.61. The lowest BCUT2D eigenvalue weighted by Crippen LogP contribution is -2.44. The second-order valence-corrected chi connectivity index (χ2v) is 6.49. The monoisotopic (exact) mass is 357 g/mol. The van der Waals surface area contributed by atoms with Crippen LogP contribution in [-0.2, 0) is 11.3 Å².